The molecular weight excluding hydrogens is 358 g/mol. The van der Waals surface area contributed by atoms with E-state index in [9.17, 15) is 9.59 Å². The van der Waals surface area contributed by atoms with Gasteiger partial charge in [-0.2, -0.15) is 0 Å². The Balaban J connectivity index is 1.40. The third-order valence-corrected chi connectivity index (χ3v) is 3.75. The van der Waals surface area contributed by atoms with Crippen LogP contribution in [0.2, 0.25) is 5.02 Å². The Labute approximate surface area is 154 Å². The molecule has 7 nitrogen and oxygen atoms in total. The van der Waals surface area contributed by atoms with Gasteiger partial charge < -0.3 is 19.6 Å². The number of carbonyl (C=O) groups excluding carboxylic acids is 2. The van der Waals surface area contributed by atoms with E-state index in [1.54, 1.807) is 36.4 Å². The van der Waals surface area contributed by atoms with Gasteiger partial charge in [-0.1, -0.05) is 16.8 Å². The molecule has 3 rings (SSSR count). The highest BCUT2D eigenvalue weighted by Crippen LogP contribution is 2.20. The fourth-order valence-corrected chi connectivity index (χ4v) is 2.34. The summed E-state index contributed by atoms with van der Waals surface area (Å²) in [6.07, 6.45) is 2.28. The topological polar surface area (TPSA) is 97.4 Å². The number of nitrogens with one attached hydrogen (secondary N) is 2. The Kier molecular flexibility index (Phi) is 5.70. The number of rotatable bonds is 7. The monoisotopic (exact) mass is 373 g/mol. The molecule has 2 N–H and O–H groups in total. The number of benzene rings is 1. The second-order valence-electron chi connectivity index (χ2n) is 5.47. The molecule has 0 atom stereocenters. The number of halogens is 1. The lowest BCUT2D eigenvalue weighted by Crippen LogP contribution is -2.25. The molecule has 3 aromatic rings. The number of hydrogen-bond donors (Lipinski definition) is 2. The molecule has 0 saturated heterocycles. The first kappa shape index (κ1) is 17.8. The molecule has 26 heavy (non-hydrogen) atoms. The zero-order chi connectivity index (χ0) is 18.4. The summed E-state index contributed by atoms with van der Waals surface area (Å²) < 4.78 is 10.2. The summed E-state index contributed by atoms with van der Waals surface area (Å²) in [5.41, 5.74) is 0.832. The highest BCUT2D eigenvalue weighted by atomic mass is 35.5. The number of carbonyl (C=O) groups is 2. The van der Waals surface area contributed by atoms with Crippen LogP contribution in [0, 0.1) is 0 Å². The van der Waals surface area contributed by atoms with Crippen molar-refractivity contribution in [2.75, 3.05) is 11.9 Å². The molecule has 0 unspecified atom stereocenters. The van der Waals surface area contributed by atoms with Crippen molar-refractivity contribution in [3.8, 4) is 11.5 Å². The van der Waals surface area contributed by atoms with Crippen LogP contribution in [0.5, 0.6) is 0 Å². The van der Waals surface area contributed by atoms with Crippen molar-refractivity contribution in [1.82, 2.24) is 10.5 Å². The molecule has 0 aliphatic heterocycles. The fraction of sp³-hybridized carbons (Fsp3) is 0.167. The van der Waals surface area contributed by atoms with Gasteiger partial charge in [0.05, 0.1) is 6.26 Å². The molecule has 8 heteroatoms. The van der Waals surface area contributed by atoms with E-state index in [2.05, 4.69) is 15.8 Å². The van der Waals surface area contributed by atoms with Gasteiger partial charge in [0.1, 0.15) is 0 Å². The van der Waals surface area contributed by atoms with Gasteiger partial charge in [0, 0.05) is 29.7 Å². The molecule has 0 spiro atoms. The molecule has 0 aliphatic rings. The van der Waals surface area contributed by atoms with Crippen LogP contribution < -0.4 is 10.6 Å². The van der Waals surface area contributed by atoms with Crippen LogP contribution in [0.3, 0.4) is 0 Å². The molecule has 0 aliphatic carbocycles. The van der Waals surface area contributed by atoms with Crippen molar-refractivity contribution in [2.45, 2.75) is 12.8 Å². The Morgan fingerprint density at radius 2 is 1.92 bits per heavy atom. The van der Waals surface area contributed by atoms with E-state index in [4.69, 9.17) is 20.5 Å². The van der Waals surface area contributed by atoms with Gasteiger partial charge in [0.25, 0.3) is 5.91 Å². The second-order valence-corrected chi connectivity index (χ2v) is 5.90. The highest BCUT2D eigenvalue weighted by molar-refractivity contribution is 6.30. The zero-order valence-corrected chi connectivity index (χ0v) is 14.5. The first-order chi connectivity index (χ1) is 12.6. The zero-order valence-electron chi connectivity index (χ0n) is 13.7. The summed E-state index contributed by atoms with van der Waals surface area (Å²) in [7, 11) is 0. The second kappa shape index (κ2) is 8.35. The lowest BCUT2D eigenvalue weighted by Gasteiger charge is -2.06. The standard InChI is InChI=1S/C18H16ClN3O4/c19-12-5-7-13(8-6-12)21-17(23)4-1-9-20-18(24)14-11-16(26-22-14)15-3-2-10-25-15/h2-3,5-8,10-11H,1,4,9H2,(H,20,24)(H,21,23). The molecule has 2 heterocycles. The maximum Gasteiger partial charge on any atom is 0.273 e. The molecule has 0 bridgehead atoms. The minimum atomic E-state index is -0.371. The summed E-state index contributed by atoms with van der Waals surface area (Å²) in [6, 6.07) is 11.8. The summed E-state index contributed by atoms with van der Waals surface area (Å²) in [4.78, 5) is 23.9. The van der Waals surface area contributed by atoms with Crippen molar-refractivity contribution in [3.05, 3.63) is 59.4 Å². The van der Waals surface area contributed by atoms with Crippen molar-refractivity contribution in [3.63, 3.8) is 0 Å². The van der Waals surface area contributed by atoms with E-state index in [0.29, 0.717) is 35.2 Å². The lowest BCUT2D eigenvalue weighted by molar-refractivity contribution is -0.116. The quantitative estimate of drug-likeness (QED) is 0.615. The first-order valence-corrected chi connectivity index (χ1v) is 8.34. The molecule has 134 valence electrons. The van der Waals surface area contributed by atoms with Gasteiger partial charge in [-0.3, -0.25) is 9.59 Å². The van der Waals surface area contributed by atoms with Gasteiger partial charge in [-0.05, 0) is 42.8 Å². The van der Waals surface area contributed by atoms with Crippen LogP contribution in [-0.4, -0.2) is 23.5 Å². The third-order valence-electron chi connectivity index (χ3n) is 3.50. The number of hydrogen-bond acceptors (Lipinski definition) is 5. The number of furan rings is 1. The Morgan fingerprint density at radius 3 is 2.65 bits per heavy atom. The smallest absolute Gasteiger partial charge is 0.273 e. The Bertz CT molecular complexity index is 872. The van der Waals surface area contributed by atoms with Gasteiger partial charge in [0.2, 0.25) is 11.7 Å². The average Bonchev–Trinajstić information content (AvgIpc) is 3.31. The summed E-state index contributed by atoms with van der Waals surface area (Å²) in [5, 5.41) is 9.77. The maximum absolute atomic E-state index is 12.0. The van der Waals surface area contributed by atoms with Gasteiger partial charge in [-0.25, -0.2) is 0 Å². The summed E-state index contributed by atoms with van der Waals surface area (Å²) >= 11 is 5.79. The average molecular weight is 374 g/mol. The lowest BCUT2D eigenvalue weighted by atomic mass is 10.2. The first-order valence-electron chi connectivity index (χ1n) is 7.96. The van der Waals surface area contributed by atoms with Crippen LogP contribution in [0.25, 0.3) is 11.5 Å². The van der Waals surface area contributed by atoms with Crippen LogP contribution in [0.15, 0.2) is 57.7 Å². The van der Waals surface area contributed by atoms with Crippen LogP contribution in [-0.2, 0) is 4.79 Å². The number of nitrogens with zero attached hydrogens (tertiary/aromatic N) is 1. The normalized spacial score (nSPS) is 10.5. The largest absolute Gasteiger partial charge is 0.461 e. The molecule has 0 saturated carbocycles. The number of aromatic nitrogens is 1. The van der Waals surface area contributed by atoms with Crippen LogP contribution >= 0.6 is 11.6 Å². The Hall–Kier alpha value is -3.06. The SMILES string of the molecule is O=C(CCCNC(=O)c1cc(-c2ccco2)on1)Nc1ccc(Cl)cc1. The predicted molar refractivity (Wildman–Crippen MR) is 95.9 cm³/mol. The van der Waals surface area contributed by atoms with E-state index in [0.717, 1.165) is 0 Å². The molecule has 1 aromatic carbocycles. The van der Waals surface area contributed by atoms with Gasteiger partial charge in [-0.15, -0.1) is 0 Å². The third kappa shape index (κ3) is 4.73. The van der Waals surface area contributed by atoms with Crippen molar-refractivity contribution >= 4 is 29.1 Å². The molecule has 0 radical (unpaired) electrons. The van der Waals surface area contributed by atoms with E-state index in [1.807, 2.05) is 0 Å². The van der Waals surface area contributed by atoms with E-state index in [1.165, 1.54) is 12.3 Å². The van der Waals surface area contributed by atoms with Crippen LogP contribution in [0.4, 0.5) is 5.69 Å². The molecule has 2 amide bonds. The predicted octanol–water partition coefficient (Wildman–Crippen LogP) is 3.74. The molecular formula is C18H16ClN3O4. The van der Waals surface area contributed by atoms with Crippen LogP contribution in [0.1, 0.15) is 23.3 Å². The Morgan fingerprint density at radius 1 is 1.12 bits per heavy atom. The molecule has 2 aromatic heterocycles. The summed E-state index contributed by atoms with van der Waals surface area (Å²) in [5.74, 6) is 0.366. The minimum Gasteiger partial charge on any atom is -0.461 e. The number of anilines is 1. The van der Waals surface area contributed by atoms with E-state index >= 15 is 0 Å². The van der Waals surface area contributed by atoms with Crippen molar-refractivity contribution in [1.29, 1.82) is 0 Å². The molecule has 0 fully saturated rings. The highest BCUT2D eigenvalue weighted by Gasteiger charge is 2.14. The fourth-order valence-electron chi connectivity index (χ4n) is 2.22. The van der Waals surface area contributed by atoms with Gasteiger partial charge in [0.15, 0.2) is 11.5 Å². The van der Waals surface area contributed by atoms with E-state index < -0.39 is 0 Å². The number of amides is 2. The van der Waals surface area contributed by atoms with E-state index in [-0.39, 0.29) is 23.9 Å². The van der Waals surface area contributed by atoms with Crippen molar-refractivity contribution < 1.29 is 18.5 Å². The van der Waals surface area contributed by atoms with Gasteiger partial charge >= 0.3 is 0 Å². The maximum atomic E-state index is 12.0. The van der Waals surface area contributed by atoms with Crippen molar-refractivity contribution in [2.24, 2.45) is 0 Å². The minimum absolute atomic E-state index is 0.136. The summed E-state index contributed by atoms with van der Waals surface area (Å²) in [6.45, 7) is 0.343.